The normalized spacial score (nSPS) is 12.9. The van der Waals surface area contributed by atoms with Crippen LogP contribution in [0.5, 0.6) is 0 Å². The van der Waals surface area contributed by atoms with Crippen molar-refractivity contribution >= 4 is 41.3 Å². The number of urea groups is 1. The molecule has 0 aliphatic rings. The van der Waals surface area contributed by atoms with Crippen LogP contribution in [0.1, 0.15) is 110 Å². The lowest BCUT2D eigenvalue weighted by Crippen LogP contribution is -2.47. The lowest BCUT2D eigenvalue weighted by molar-refractivity contribution is -0.145. The first-order valence-electron chi connectivity index (χ1n) is 20.4. The predicted molar refractivity (Wildman–Crippen MR) is 220 cm³/mol. The molecule has 0 aliphatic carbocycles. The number of nitrogens with one attached hydrogen (secondary N) is 4. The Kier molecular flexibility index (Phi) is 25.7. The molecule has 328 valence electrons. The molecule has 16 nitrogen and oxygen atoms in total. The molecule has 0 unspecified atom stereocenters. The summed E-state index contributed by atoms with van der Waals surface area (Å²) in [4.78, 5) is 87.6. The molecule has 1 aromatic carbocycles. The number of unbranched alkanes of at least 4 members (excludes halogenated alkanes) is 1. The Labute approximate surface area is 344 Å². The second kappa shape index (κ2) is 28.9. The van der Waals surface area contributed by atoms with E-state index in [-0.39, 0.29) is 79.5 Å². The molecule has 1 aromatic rings. The van der Waals surface area contributed by atoms with Crippen LogP contribution >= 0.6 is 0 Å². The number of Topliss-reactive ketones (excluding diaryl/α,β-unsaturated/α-hetero) is 2. The quantitative estimate of drug-likeness (QED) is 0.0470. The van der Waals surface area contributed by atoms with Gasteiger partial charge in [-0.1, -0.05) is 58.9 Å². The van der Waals surface area contributed by atoms with Gasteiger partial charge >= 0.3 is 12.0 Å². The molecule has 0 aromatic heterocycles. The third-order valence-electron chi connectivity index (χ3n) is 9.05. The van der Waals surface area contributed by atoms with Gasteiger partial charge in [0.25, 0.3) is 0 Å². The average Bonchev–Trinajstić information content (AvgIpc) is 3.13. The highest BCUT2D eigenvalue weighted by Gasteiger charge is 2.31. The highest BCUT2D eigenvalue weighted by molar-refractivity contribution is 5.94. The molecule has 0 heterocycles. The van der Waals surface area contributed by atoms with E-state index in [1.807, 2.05) is 34.6 Å². The summed E-state index contributed by atoms with van der Waals surface area (Å²) in [5, 5.41) is 10.9. The first-order chi connectivity index (χ1) is 27.4. The zero-order valence-corrected chi connectivity index (χ0v) is 35.6. The molecule has 0 saturated heterocycles. The van der Waals surface area contributed by atoms with E-state index in [9.17, 15) is 33.6 Å². The minimum Gasteiger partial charge on any atom is -0.461 e. The Hall–Kier alpha value is -4.41. The highest BCUT2D eigenvalue weighted by Crippen LogP contribution is 2.20. The van der Waals surface area contributed by atoms with E-state index >= 15 is 0 Å². The van der Waals surface area contributed by atoms with Gasteiger partial charge in [0, 0.05) is 58.2 Å². The van der Waals surface area contributed by atoms with E-state index in [0.29, 0.717) is 83.6 Å². The first kappa shape index (κ1) is 51.6. The summed E-state index contributed by atoms with van der Waals surface area (Å²) in [6.07, 6.45) is 3.36. The molecule has 16 heteroatoms. The van der Waals surface area contributed by atoms with Crippen molar-refractivity contribution in [1.29, 1.82) is 0 Å². The molecule has 0 fully saturated rings. The molecular weight excluding hydrogens is 748 g/mol. The number of carbonyl (C=O) groups excluding carboxylic acids is 7. The molecule has 3 atom stereocenters. The number of ether oxygens (including phenoxy) is 3. The van der Waals surface area contributed by atoms with E-state index in [1.54, 1.807) is 24.3 Å². The zero-order valence-electron chi connectivity index (χ0n) is 35.6. The monoisotopic (exact) mass is 819 g/mol. The minimum atomic E-state index is -0.899. The van der Waals surface area contributed by atoms with Gasteiger partial charge in [-0.2, -0.15) is 0 Å². The number of primary amides is 1. The number of benzene rings is 1. The van der Waals surface area contributed by atoms with Crippen LogP contribution in [0.4, 0.5) is 4.79 Å². The average molecular weight is 819 g/mol. The number of ketones is 2. The van der Waals surface area contributed by atoms with E-state index in [1.165, 1.54) is 6.92 Å². The predicted octanol–water partition coefficient (Wildman–Crippen LogP) is 3.01. The molecular formula is C42H70N6O10. The van der Waals surface area contributed by atoms with Crippen LogP contribution in [0.3, 0.4) is 0 Å². The van der Waals surface area contributed by atoms with E-state index in [2.05, 4.69) is 21.3 Å². The van der Waals surface area contributed by atoms with E-state index in [0.717, 1.165) is 5.56 Å². The maximum Gasteiger partial charge on any atom is 0.312 e. The van der Waals surface area contributed by atoms with Gasteiger partial charge in [0.2, 0.25) is 17.7 Å². The number of nitrogens with two attached hydrogens (primary N) is 2. The van der Waals surface area contributed by atoms with Crippen molar-refractivity contribution in [3.05, 3.63) is 35.4 Å². The lowest BCUT2D eigenvalue weighted by atomic mass is 9.86. The number of hydrogen-bond acceptors (Lipinski definition) is 11. The molecule has 0 aliphatic heterocycles. The fourth-order valence-electron chi connectivity index (χ4n) is 5.91. The van der Waals surface area contributed by atoms with Gasteiger partial charge in [-0.05, 0) is 67.5 Å². The molecule has 0 saturated carbocycles. The summed E-state index contributed by atoms with van der Waals surface area (Å²) in [5.74, 6) is -2.67. The lowest BCUT2D eigenvalue weighted by Gasteiger charge is -2.26. The first-order valence-corrected chi connectivity index (χ1v) is 20.4. The van der Waals surface area contributed by atoms with Crippen LogP contribution in [0, 0.1) is 17.3 Å². The second-order valence-corrected chi connectivity index (χ2v) is 16.1. The van der Waals surface area contributed by atoms with Crippen LogP contribution in [-0.4, -0.2) is 99.4 Å². The van der Waals surface area contributed by atoms with Crippen LogP contribution in [0.25, 0.3) is 0 Å². The smallest absolute Gasteiger partial charge is 0.312 e. The SMILES string of the molecule is CC(=O)N[C@@H](CCCCN)C(=O)C[C@H](C(=O)N[C@@H](CCCNC(N)=O)C(=O)Cc1ccc(COC(=O)CCCOCCOCCNC(=O)CC(C)(C)C)cc1)C(C)C. The van der Waals surface area contributed by atoms with E-state index in [4.69, 9.17) is 25.7 Å². The summed E-state index contributed by atoms with van der Waals surface area (Å²) in [5.41, 5.74) is 12.1. The summed E-state index contributed by atoms with van der Waals surface area (Å²) >= 11 is 0. The van der Waals surface area contributed by atoms with Gasteiger partial charge in [-0.25, -0.2) is 4.79 Å². The molecule has 1 rings (SSSR count). The van der Waals surface area contributed by atoms with Crippen LogP contribution < -0.4 is 32.7 Å². The molecule has 5 amide bonds. The standard InChI is InChI=1S/C42H70N6O10/c1-29(2)33(26-37(51)34(47-30(3)49)11-7-8-18-43)40(54)48-35(12-9-19-46-41(44)55)36(50)25-31-14-16-32(17-15-31)28-58-39(53)13-10-21-56-23-24-57-22-20-45-38(52)27-42(4,5)6/h14-17,29,33-35H,7-13,18-28,43H2,1-6H3,(H,45,52)(H,47,49)(H,48,54)(H3,44,46,55)/t33-,34-,35-/m0/s1. The molecule has 8 N–H and O–H groups in total. The van der Waals surface area contributed by atoms with Gasteiger partial charge in [-0.3, -0.25) is 28.8 Å². The van der Waals surface area contributed by atoms with Crippen LogP contribution in [0.2, 0.25) is 0 Å². The van der Waals surface area contributed by atoms with Crippen molar-refractivity contribution in [3.63, 3.8) is 0 Å². The van der Waals surface area contributed by atoms with Crippen LogP contribution in [0.15, 0.2) is 24.3 Å². The fourth-order valence-corrected chi connectivity index (χ4v) is 5.91. The summed E-state index contributed by atoms with van der Waals surface area (Å²) in [6.45, 7) is 13.7. The maximum atomic E-state index is 13.6. The Bertz CT molecular complexity index is 1430. The third-order valence-corrected chi connectivity index (χ3v) is 9.05. The number of carbonyl (C=O) groups is 7. The molecule has 0 bridgehead atoms. The van der Waals surface area contributed by atoms with Gasteiger partial charge in [0.1, 0.15) is 6.61 Å². The summed E-state index contributed by atoms with van der Waals surface area (Å²) in [6, 6.07) is 4.70. The van der Waals surface area contributed by atoms with Crippen molar-refractivity contribution in [2.24, 2.45) is 28.7 Å². The van der Waals surface area contributed by atoms with Crippen LogP contribution in [-0.2, 0) is 56.0 Å². The Balaban J connectivity index is 2.64. The Morgan fingerprint density at radius 1 is 0.741 bits per heavy atom. The number of rotatable bonds is 31. The summed E-state index contributed by atoms with van der Waals surface area (Å²) < 4.78 is 16.4. The molecule has 58 heavy (non-hydrogen) atoms. The van der Waals surface area contributed by atoms with Crippen molar-refractivity contribution in [2.75, 3.05) is 46.1 Å². The van der Waals surface area contributed by atoms with Crippen molar-refractivity contribution in [2.45, 2.75) is 124 Å². The van der Waals surface area contributed by atoms with Crippen molar-refractivity contribution in [3.8, 4) is 0 Å². The topological polar surface area (TPSA) is 247 Å². The van der Waals surface area contributed by atoms with E-state index < -0.39 is 29.9 Å². The minimum absolute atomic E-state index is 0.00401. The number of esters is 1. The number of hydrogen-bond donors (Lipinski definition) is 6. The number of amides is 5. The van der Waals surface area contributed by atoms with Crippen molar-refractivity contribution in [1.82, 2.24) is 21.3 Å². The summed E-state index contributed by atoms with van der Waals surface area (Å²) in [7, 11) is 0. The Morgan fingerprint density at radius 3 is 1.97 bits per heavy atom. The zero-order chi connectivity index (χ0) is 43.5. The van der Waals surface area contributed by atoms with Crippen molar-refractivity contribution < 1.29 is 47.8 Å². The largest absolute Gasteiger partial charge is 0.461 e. The van der Waals surface area contributed by atoms with Gasteiger partial charge in [-0.15, -0.1) is 0 Å². The Morgan fingerprint density at radius 2 is 1.36 bits per heavy atom. The third kappa shape index (κ3) is 25.1. The van der Waals surface area contributed by atoms with Gasteiger partial charge in [0.15, 0.2) is 11.6 Å². The second-order valence-electron chi connectivity index (χ2n) is 16.1. The highest BCUT2D eigenvalue weighted by atomic mass is 16.5. The van der Waals surface area contributed by atoms with Gasteiger partial charge in [0.05, 0.1) is 31.9 Å². The fraction of sp³-hybridized carbons (Fsp3) is 0.690. The maximum absolute atomic E-state index is 13.6. The van der Waals surface area contributed by atoms with Gasteiger partial charge < -0.3 is 46.9 Å². The molecule has 0 radical (unpaired) electrons. The molecule has 0 spiro atoms.